The van der Waals surface area contributed by atoms with Crippen LogP contribution in [0.2, 0.25) is 0 Å². The molecule has 0 spiro atoms. The quantitative estimate of drug-likeness (QED) is 0.241. The Kier molecular flexibility index (Phi) is 4.39. The van der Waals surface area contributed by atoms with E-state index in [1.807, 2.05) is 0 Å². The standard InChI is InChI=1S/C7H14O8/c8-1-3(10)4(11)5(12)7(15,2-9)6(13)14/h3-5,8-12,15H,1-2H2,(H,13,14)/t3-,4-,5+,7-/m1/s1/i/hD. The van der Waals surface area contributed by atoms with Gasteiger partial charge in [0.15, 0.2) is 0 Å². The van der Waals surface area contributed by atoms with Crippen molar-refractivity contribution in [3.05, 3.63) is 0 Å². The molecule has 8 nitrogen and oxygen atoms in total. The van der Waals surface area contributed by atoms with Gasteiger partial charge in [0, 0.05) is 0 Å². The van der Waals surface area contributed by atoms with E-state index in [-0.39, 0.29) is 0 Å². The molecule has 0 radical (unpaired) electrons. The van der Waals surface area contributed by atoms with Crippen LogP contribution >= 0.6 is 0 Å². The van der Waals surface area contributed by atoms with Gasteiger partial charge in [-0.25, -0.2) is 4.79 Å². The Morgan fingerprint density at radius 3 is 2.20 bits per heavy atom. The van der Waals surface area contributed by atoms with Crippen molar-refractivity contribution < 1.29 is 40.5 Å². The van der Waals surface area contributed by atoms with Crippen LogP contribution in [-0.4, -0.2) is 78.8 Å². The molecule has 0 aromatic heterocycles. The molecule has 15 heavy (non-hydrogen) atoms. The van der Waals surface area contributed by atoms with Gasteiger partial charge in [0.2, 0.25) is 5.60 Å². The largest absolute Gasteiger partial charge is 0.479 e. The van der Waals surface area contributed by atoms with Crippen LogP contribution in [0.3, 0.4) is 0 Å². The van der Waals surface area contributed by atoms with E-state index in [4.69, 9.17) is 16.8 Å². The van der Waals surface area contributed by atoms with E-state index in [2.05, 4.69) is 5.11 Å². The second kappa shape index (κ2) is 5.35. The smallest absolute Gasteiger partial charge is 0.341 e. The van der Waals surface area contributed by atoms with E-state index in [1.165, 1.54) is 0 Å². The predicted molar refractivity (Wildman–Crippen MR) is 44.8 cm³/mol. The van der Waals surface area contributed by atoms with E-state index < -0.39 is 43.1 Å². The summed E-state index contributed by atoms with van der Waals surface area (Å²) in [5.41, 5.74) is -2.95. The highest BCUT2D eigenvalue weighted by atomic mass is 16.4. The molecule has 0 aromatic carbocycles. The first-order valence-corrected chi connectivity index (χ1v) is 4.01. The van der Waals surface area contributed by atoms with Gasteiger partial charge >= 0.3 is 5.97 Å². The molecule has 0 rings (SSSR count). The van der Waals surface area contributed by atoms with E-state index in [0.29, 0.717) is 0 Å². The molecule has 0 amide bonds. The Morgan fingerprint density at radius 1 is 1.33 bits per heavy atom. The summed E-state index contributed by atoms with van der Waals surface area (Å²) in [7, 11) is 0. The zero-order valence-electron chi connectivity index (χ0n) is 8.65. The normalized spacial score (nSPS) is 22.1. The summed E-state index contributed by atoms with van der Waals surface area (Å²) in [5, 5.41) is 57.5. The van der Waals surface area contributed by atoms with E-state index >= 15 is 0 Å². The highest BCUT2D eigenvalue weighted by Crippen LogP contribution is 2.16. The molecule has 90 valence electrons. The molecule has 0 fully saturated rings. The zero-order chi connectivity index (χ0) is 12.9. The second-order valence-corrected chi connectivity index (χ2v) is 3.06. The molecule has 0 heterocycles. The van der Waals surface area contributed by atoms with Gasteiger partial charge in [0.25, 0.3) is 1.43 Å². The molecule has 0 aliphatic heterocycles. The van der Waals surface area contributed by atoms with Crippen LogP contribution in [0.25, 0.3) is 1.43 Å². The Bertz CT molecular complexity index is 236. The summed E-state index contributed by atoms with van der Waals surface area (Å²) in [5.74, 6) is -1.70. The molecular formula is C7H14O8. The molecule has 0 unspecified atom stereocenters. The first kappa shape index (κ1) is 12.3. The second-order valence-electron chi connectivity index (χ2n) is 3.06. The molecule has 4 atom stereocenters. The van der Waals surface area contributed by atoms with Crippen molar-refractivity contribution in [1.29, 1.82) is 1.43 Å². The van der Waals surface area contributed by atoms with Gasteiger partial charge in [-0.15, -0.1) is 0 Å². The molecular weight excluding hydrogens is 212 g/mol. The summed E-state index contributed by atoms with van der Waals surface area (Å²) in [6, 6.07) is 0. The fourth-order valence-electron chi connectivity index (χ4n) is 0.880. The third-order valence-corrected chi connectivity index (χ3v) is 1.99. The van der Waals surface area contributed by atoms with Crippen LogP contribution in [0.1, 0.15) is 0 Å². The third-order valence-electron chi connectivity index (χ3n) is 1.99. The molecule has 0 aromatic rings. The molecule has 0 saturated heterocycles. The van der Waals surface area contributed by atoms with Crippen molar-refractivity contribution in [2.75, 3.05) is 13.2 Å². The minimum absolute atomic E-state index is 0.935. The van der Waals surface area contributed by atoms with Crippen LogP contribution in [-0.2, 0) is 4.79 Å². The Hall–Kier alpha value is -0.770. The number of aliphatic hydroxyl groups excluding tert-OH is 5. The van der Waals surface area contributed by atoms with Gasteiger partial charge in [0.05, 0.1) is 13.2 Å². The topological polar surface area (TPSA) is 159 Å². The van der Waals surface area contributed by atoms with Crippen LogP contribution < -0.4 is 0 Å². The lowest BCUT2D eigenvalue weighted by atomic mass is 9.91. The third kappa shape index (κ3) is 2.84. The summed E-state index contributed by atoms with van der Waals surface area (Å²) >= 11 is 0. The predicted octanol–water partition coefficient (Wildman–Crippen LogP) is -4.13. The monoisotopic (exact) mass is 227 g/mol. The minimum atomic E-state index is -2.95. The fraction of sp³-hybridized carbons (Fsp3) is 0.857. The number of carboxylic acid groups (broad SMARTS) is 1. The summed E-state index contributed by atoms with van der Waals surface area (Å²) in [4.78, 5) is 10.9. The Balaban J connectivity index is 4.89. The number of aliphatic carboxylic acids is 1. The van der Waals surface area contributed by atoms with Crippen LogP contribution in [0.15, 0.2) is 0 Å². The molecule has 0 aliphatic rings. The van der Waals surface area contributed by atoms with Crippen molar-refractivity contribution in [1.82, 2.24) is 0 Å². The number of carbonyl (C=O) groups is 1. The van der Waals surface area contributed by atoms with Crippen molar-refractivity contribution in [2.24, 2.45) is 0 Å². The van der Waals surface area contributed by atoms with Crippen LogP contribution in [0.5, 0.6) is 0 Å². The zero-order valence-corrected chi connectivity index (χ0v) is 7.65. The van der Waals surface area contributed by atoms with E-state index in [1.54, 1.807) is 0 Å². The number of rotatable bonds is 6. The maximum absolute atomic E-state index is 10.9. The lowest BCUT2D eigenvalue weighted by molar-refractivity contribution is -0.198. The van der Waals surface area contributed by atoms with Gasteiger partial charge < -0.3 is 35.7 Å². The highest BCUT2D eigenvalue weighted by molar-refractivity contribution is 5.78. The first-order valence-electron chi connectivity index (χ1n) is 4.41. The maximum atomic E-state index is 10.9. The molecule has 0 aliphatic carbocycles. The molecule has 0 bridgehead atoms. The number of carboxylic acids is 1. The van der Waals surface area contributed by atoms with Crippen molar-refractivity contribution in [3.8, 4) is 0 Å². The van der Waals surface area contributed by atoms with Crippen LogP contribution in [0, 0.1) is 0 Å². The molecule has 8 heteroatoms. The SMILES string of the molecule is [2H]OC(=O)[C@@](O)(CO)[C@@H](O)[C@H](O)[C@H](O)CO. The van der Waals surface area contributed by atoms with Crippen molar-refractivity contribution >= 4 is 5.97 Å². The first-order chi connectivity index (χ1) is 7.34. The highest BCUT2D eigenvalue weighted by Gasteiger charge is 2.48. The number of aliphatic hydroxyl groups is 6. The van der Waals surface area contributed by atoms with Crippen LogP contribution in [0.4, 0.5) is 0 Å². The summed E-state index contributed by atoms with van der Waals surface area (Å²) in [6.07, 6.45) is -6.25. The average molecular weight is 227 g/mol. The van der Waals surface area contributed by atoms with Gasteiger partial charge in [0.1, 0.15) is 18.3 Å². The van der Waals surface area contributed by atoms with E-state index in [9.17, 15) is 20.1 Å². The molecule has 7 N–H and O–H groups in total. The van der Waals surface area contributed by atoms with E-state index in [0.717, 1.165) is 0 Å². The fourth-order valence-corrected chi connectivity index (χ4v) is 0.880. The molecule has 0 saturated carbocycles. The van der Waals surface area contributed by atoms with Gasteiger partial charge in [-0.1, -0.05) is 0 Å². The summed E-state index contributed by atoms with van der Waals surface area (Å²) in [6.45, 7) is -2.27. The Morgan fingerprint density at radius 2 is 1.87 bits per heavy atom. The van der Waals surface area contributed by atoms with Gasteiger partial charge in [-0.3, -0.25) is 0 Å². The average Bonchev–Trinajstić information content (AvgIpc) is 2.33. The lowest BCUT2D eigenvalue weighted by Crippen LogP contribution is -2.60. The van der Waals surface area contributed by atoms with Gasteiger partial charge in [-0.2, -0.15) is 0 Å². The minimum Gasteiger partial charge on any atom is -0.479 e. The number of hydrogen-bond donors (Lipinski definition) is 7. The Labute approximate surface area is 86.1 Å². The number of hydrogen-bond acceptors (Lipinski definition) is 8. The van der Waals surface area contributed by atoms with Gasteiger partial charge in [-0.05, 0) is 0 Å². The lowest BCUT2D eigenvalue weighted by Gasteiger charge is -2.31. The van der Waals surface area contributed by atoms with Crippen molar-refractivity contribution in [3.63, 3.8) is 0 Å². The maximum Gasteiger partial charge on any atom is 0.341 e. The summed E-state index contributed by atoms with van der Waals surface area (Å²) < 4.78 is 6.23. The van der Waals surface area contributed by atoms with Crippen molar-refractivity contribution in [2.45, 2.75) is 23.9 Å².